The summed E-state index contributed by atoms with van der Waals surface area (Å²) in [5.41, 5.74) is 1.67. The monoisotopic (exact) mass is 282 g/mol. The summed E-state index contributed by atoms with van der Waals surface area (Å²) in [5.74, 6) is 2.44. The van der Waals surface area contributed by atoms with Gasteiger partial charge < -0.3 is 4.74 Å². The molecule has 5 heteroatoms. The Morgan fingerprint density at radius 3 is 2.63 bits per heavy atom. The molecule has 19 heavy (non-hydrogen) atoms. The Balaban J connectivity index is 2.42. The van der Waals surface area contributed by atoms with E-state index in [2.05, 4.69) is 5.92 Å². The van der Waals surface area contributed by atoms with Gasteiger partial charge in [-0.1, -0.05) is 18.1 Å². The number of benzene rings is 1. The van der Waals surface area contributed by atoms with Crippen molar-refractivity contribution in [1.29, 1.82) is 0 Å². The molecule has 1 heterocycles. The lowest BCUT2D eigenvalue weighted by Gasteiger charge is -2.14. The molecule has 0 saturated carbocycles. The Morgan fingerprint density at radius 1 is 1.26 bits per heavy atom. The van der Waals surface area contributed by atoms with Crippen LogP contribution in [0.25, 0.3) is 11.1 Å². The number of hydrogen-bond donors (Lipinski definition) is 0. The van der Waals surface area contributed by atoms with Gasteiger partial charge in [0.2, 0.25) is 0 Å². The first kappa shape index (κ1) is 13.5. The van der Waals surface area contributed by atoms with E-state index in [0.29, 0.717) is 11.1 Å². The predicted octanol–water partition coefficient (Wildman–Crippen LogP) is 4.34. The smallest absolute Gasteiger partial charge is 0.422 e. The van der Waals surface area contributed by atoms with Gasteiger partial charge in [-0.05, 0) is 28.5 Å². The van der Waals surface area contributed by atoms with E-state index >= 15 is 0 Å². The molecule has 0 atom stereocenters. The average molecular weight is 282 g/mol. The first-order chi connectivity index (χ1) is 9.01. The Morgan fingerprint density at radius 2 is 2.05 bits per heavy atom. The molecule has 1 nitrogen and oxygen atoms in total. The van der Waals surface area contributed by atoms with Gasteiger partial charge in [0.15, 0.2) is 6.61 Å². The van der Waals surface area contributed by atoms with Crippen molar-refractivity contribution in [2.24, 2.45) is 0 Å². The Labute approximate surface area is 112 Å². The van der Waals surface area contributed by atoms with Crippen molar-refractivity contribution in [3.8, 4) is 29.2 Å². The zero-order valence-corrected chi connectivity index (χ0v) is 10.5. The summed E-state index contributed by atoms with van der Waals surface area (Å²) in [5, 5.41) is 3.67. The van der Waals surface area contributed by atoms with Crippen LogP contribution >= 0.6 is 11.3 Å². The fraction of sp³-hybridized carbons (Fsp3) is 0.143. The van der Waals surface area contributed by atoms with Crippen LogP contribution in [0.1, 0.15) is 5.56 Å². The highest BCUT2D eigenvalue weighted by Crippen LogP contribution is 2.35. The van der Waals surface area contributed by atoms with Crippen molar-refractivity contribution in [1.82, 2.24) is 0 Å². The number of para-hydroxylation sites is 1. The van der Waals surface area contributed by atoms with Gasteiger partial charge in [0.1, 0.15) is 5.75 Å². The standard InChI is InChI=1S/C14H9F3OS/c1-2-10-4-3-5-12(11-6-7-19-8-11)13(10)18-9-14(15,16)17/h1,3-8H,9H2. The minimum absolute atomic E-state index is 0.0979. The highest BCUT2D eigenvalue weighted by atomic mass is 32.1. The molecular weight excluding hydrogens is 273 g/mol. The molecule has 2 aromatic rings. The van der Waals surface area contributed by atoms with Crippen LogP contribution in [0.2, 0.25) is 0 Å². The first-order valence-corrected chi connectivity index (χ1v) is 6.27. The summed E-state index contributed by atoms with van der Waals surface area (Å²) in [6, 6.07) is 6.75. The van der Waals surface area contributed by atoms with Crippen molar-refractivity contribution >= 4 is 11.3 Å². The maximum atomic E-state index is 12.3. The third-order valence-corrected chi connectivity index (χ3v) is 3.07. The molecule has 1 aromatic carbocycles. The van der Waals surface area contributed by atoms with E-state index in [1.165, 1.54) is 11.3 Å². The van der Waals surface area contributed by atoms with Gasteiger partial charge in [-0.3, -0.25) is 0 Å². The van der Waals surface area contributed by atoms with E-state index in [1.54, 1.807) is 24.3 Å². The topological polar surface area (TPSA) is 9.23 Å². The summed E-state index contributed by atoms with van der Waals surface area (Å²) in [6.45, 7) is -1.36. The van der Waals surface area contributed by atoms with Crippen LogP contribution in [-0.2, 0) is 0 Å². The van der Waals surface area contributed by atoms with Crippen molar-refractivity contribution in [3.63, 3.8) is 0 Å². The molecule has 0 N–H and O–H groups in total. The molecular formula is C14H9F3OS. The minimum Gasteiger partial charge on any atom is -0.482 e. The molecule has 0 aliphatic carbocycles. The van der Waals surface area contributed by atoms with Gasteiger partial charge in [-0.25, -0.2) is 0 Å². The van der Waals surface area contributed by atoms with Gasteiger partial charge in [0.05, 0.1) is 5.56 Å². The largest absolute Gasteiger partial charge is 0.482 e. The lowest BCUT2D eigenvalue weighted by atomic mass is 10.0. The van der Waals surface area contributed by atoms with E-state index in [9.17, 15) is 13.2 Å². The van der Waals surface area contributed by atoms with Crippen LogP contribution in [0.5, 0.6) is 5.75 Å². The average Bonchev–Trinajstić information content (AvgIpc) is 2.88. The van der Waals surface area contributed by atoms with Crippen LogP contribution in [0.4, 0.5) is 13.2 Å². The second-order valence-electron chi connectivity index (χ2n) is 3.74. The number of halogens is 3. The SMILES string of the molecule is C#Cc1cccc(-c2ccsc2)c1OCC(F)(F)F. The Kier molecular flexibility index (Phi) is 3.82. The van der Waals surface area contributed by atoms with Gasteiger partial charge in [-0.2, -0.15) is 24.5 Å². The predicted molar refractivity (Wildman–Crippen MR) is 69.2 cm³/mol. The number of ether oxygens (including phenoxy) is 1. The Hall–Kier alpha value is -1.93. The minimum atomic E-state index is -4.40. The molecule has 0 spiro atoms. The van der Waals surface area contributed by atoms with Crippen molar-refractivity contribution in [2.45, 2.75) is 6.18 Å². The molecule has 0 aliphatic heterocycles. The quantitative estimate of drug-likeness (QED) is 0.761. The summed E-state index contributed by atoms with van der Waals surface area (Å²) in [6.07, 6.45) is 0.908. The molecule has 2 rings (SSSR count). The van der Waals surface area contributed by atoms with Crippen molar-refractivity contribution in [2.75, 3.05) is 6.61 Å². The first-order valence-electron chi connectivity index (χ1n) is 5.33. The third-order valence-electron chi connectivity index (χ3n) is 2.38. The fourth-order valence-electron chi connectivity index (χ4n) is 1.61. The number of alkyl halides is 3. The molecule has 0 bridgehead atoms. The van der Waals surface area contributed by atoms with Gasteiger partial charge in [0, 0.05) is 5.56 Å². The van der Waals surface area contributed by atoms with Gasteiger partial charge >= 0.3 is 6.18 Å². The van der Waals surface area contributed by atoms with E-state index in [0.717, 1.165) is 5.56 Å². The summed E-state index contributed by atoms with van der Waals surface area (Å²) in [7, 11) is 0. The zero-order valence-electron chi connectivity index (χ0n) is 9.70. The lowest BCUT2D eigenvalue weighted by Crippen LogP contribution is -2.19. The van der Waals surface area contributed by atoms with E-state index in [-0.39, 0.29) is 5.75 Å². The Bertz CT molecular complexity index is 594. The second-order valence-corrected chi connectivity index (χ2v) is 4.52. The second kappa shape index (κ2) is 5.37. The third kappa shape index (κ3) is 3.30. The fourth-order valence-corrected chi connectivity index (χ4v) is 2.26. The van der Waals surface area contributed by atoms with Crippen LogP contribution in [0.3, 0.4) is 0 Å². The number of hydrogen-bond acceptors (Lipinski definition) is 2. The van der Waals surface area contributed by atoms with E-state index < -0.39 is 12.8 Å². The molecule has 1 aromatic heterocycles. The number of thiophene rings is 1. The van der Waals surface area contributed by atoms with Crippen LogP contribution in [-0.4, -0.2) is 12.8 Å². The number of terminal acetylenes is 1. The van der Waals surface area contributed by atoms with E-state index in [1.807, 2.05) is 10.8 Å². The molecule has 0 amide bonds. The molecule has 0 fully saturated rings. The van der Waals surface area contributed by atoms with Crippen LogP contribution < -0.4 is 4.74 Å². The normalized spacial score (nSPS) is 11.1. The highest BCUT2D eigenvalue weighted by molar-refractivity contribution is 7.08. The lowest BCUT2D eigenvalue weighted by molar-refractivity contribution is -0.153. The van der Waals surface area contributed by atoms with Crippen LogP contribution in [0.15, 0.2) is 35.0 Å². The maximum Gasteiger partial charge on any atom is 0.422 e. The van der Waals surface area contributed by atoms with Crippen LogP contribution in [0, 0.1) is 12.3 Å². The highest BCUT2D eigenvalue weighted by Gasteiger charge is 2.29. The summed E-state index contributed by atoms with van der Waals surface area (Å²) < 4.78 is 41.7. The molecule has 0 saturated heterocycles. The van der Waals surface area contributed by atoms with Gasteiger partial charge in [-0.15, -0.1) is 6.42 Å². The van der Waals surface area contributed by atoms with Crippen molar-refractivity contribution in [3.05, 3.63) is 40.6 Å². The molecule has 0 aliphatic rings. The molecule has 98 valence electrons. The van der Waals surface area contributed by atoms with Gasteiger partial charge in [0.25, 0.3) is 0 Å². The van der Waals surface area contributed by atoms with E-state index in [4.69, 9.17) is 11.2 Å². The number of rotatable bonds is 3. The summed E-state index contributed by atoms with van der Waals surface area (Å²) in [4.78, 5) is 0. The van der Waals surface area contributed by atoms with Crippen molar-refractivity contribution < 1.29 is 17.9 Å². The zero-order chi connectivity index (χ0) is 13.9. The molecule has 0 radical (unpaired) electrons. The maximum absolute atomic E-state index is 12.3. The molecule has 0 unspecified atom stereocenters. The summed E-state index contributed by atoms with van der Waals surface area (Å²) >= 11 is 1.45.